The molecule has 1 aromatic heterocycles. The van der Waals surface area contributed by atoms with Gasteiger partial charge < -0.3 is 0 Å². The van der Waals surface area contributed by atoms with Crippen LogP contribution in [0, 0.1) is 0 Å². The molecule has 0 fully saturated rings. The van der Waals surface area contributed by atoms with Crippen LogP contribution in [-0.4, -0.2) is 10.8 Å². The summed E-state index contributed by atoms with van der Waals surface area (Å²) in [5, 5.41) is 0. The first-order chi connectivity index (χ1) is 11.4. The Morgan fingerprint density at radius 1 is 0.792 bits per heavy atom. The molecule has 2 nitrogen and oxygen atoms in total. The first-order valence-corrected chi connectivity index (χ1v) is 8.12. The maximum absolute atomic E-state index is 12.4. The molecule has 0 unspecified atom stereocenters. The normalized spacial score (nSPS) is 11.3. The molecule has 24 heavy (non-hydrogen) atoms. The molecule has 2 aromatic carbocycles. The van der Waals surface area contributed by atoms with Gasteiger partial charge in [0.2, 0.25) is 0 Å². The Morgan fingerprint density at radius 3 is 2.00 bits per heavy atom. The summed E-state index contributed by atoms with van der Waals surface area (Å²) >= 11 is 0. The summed E-state index contributed by atoms with van der Waals surface area (Å²) in [4.78, 5) is 16.9. The molecule has 2 heteroatoms. The van der Waals surface area contributed by atoms with E-state index in [4.69, 9.17) is 0 Å². The van der Waals surface area contributed by atoms with E-state index in [9.17, 15) is 4.79 Å². The van der Waals surface area contributed by atoms with Crippen LogP contribution in [0.1, 0.15) is 42.3 Å². The van der Waals surface area contributed by atoms with E-state index in [0.29, 0.717) is 11.1 Å². The molecular weight excluding hydrogens is 294 g/mol. The van der Waals surface area contributed by atoms with Gasteiger partial charge in [0.25, 0.3) is 0 Å². The second-order valence-corrected chi connectivity index (χ2v) is 6.95. The van der Waals surface area contributed by atoms with Crippen LogP contribution < -0.4 is 0 Å². The minimum Gasteiger partial charge on any atom is -0.289 e. The average molecular weight is 315 g/mol. The van der Waals surface area contributed by atoms with Gasteiger partial charge in [-0.3, -0.25) is 9.78 Å². The van der Waals surface area contributed by atoms with Crippen molar-refractivity contribution in [1.82, 2.24) is 4.98 Å². The Balaban J connectivity index is 1.83. The lowest BCUT2D eigenvalue weighted by atomic mass is 9.86. The van der Waals surface area contributed by atoms with E-state index < -0.39 is 0 Å². The second kappa shape index (κ2) is 6.40. The molecular formula is C22H21NO. The van der Waals surface area contributed by atoms with Gasteiger partial charge in [0, 0.05) is 22.9 Å². The predicted molar refractivity (Wildman–Crippen MR) is 98.2 cm³/mol. The fourth-order valence-corrected chi connectivity index (χ4v) is 2.60. The Hall–Kier alpha value is -2.74. The summed E-state index contributed by atoms with van der Waals surface area (Å²) in [6.07, 6.45) is 1.66. The third kappa shape index (κ3) is 3.43. The van der Waals surface area contributed by atoms with Gasteiger partial charge in [0.1, 0.15) is 0 Å². The highest BCUT2D eigenvalue weighted by Crippen LogP contribution is 2.25. The number of benzene rings is 2. The zero-order valence-electron chi connectivity index (χ0n) is 14.3. The Labute approximate surface area is 143 Å². The first-order valence-electron chi connectivity index (χ1n) is 8.12. The van der Waals surface area contributed by atoms with Crippen molar-refractivity contribution in [2.75, 3.05) is 0 Å². The van der Waals surface area contributed by atoms with Crippen molar-refractivity contribution < 1.29 is 4.79 Å². The Bertz CT molecular complexity index is 826. The smallest absolute Gasteiger partial charge is 0.194 e. The number of nitrogens with zero attached hydrogens (tertiary/aromatic N) is 1. The summed E-state index contributed by atoms with van der Waals surface area (Å²) < 4.78 is 0. The maximum Gasteiger partial charge on any atom is 0.194 e. The molecule has 0 spiro atoms. The van der Waals surface area contributed by atoms with Crippen LogP contribution in [0.15, 0.2) is 72.9 Å². The number of aromatic nitrogens is 1. The SMILES string of the molecule is CC(C)(C)c1ccc(-c2ccc(C(=O)c3ccccc3)cn2)cc1. The van der Waals surface area contributed by atoms with Gasteiger partial charge >= 0.3 is 0 Å². The van der Waals surface area contributed by atoms with Crippen LogP contribution in [0.4, 0.5) is 0 Å². The highest BCUT2D eigenvalue weighted by molar-refractivity contribution is 6.08. The lowest BCUT2D eigenvalue weighted by molar-refractivity contribution is 0.103. The van der Waals surface area contributed by atoms with Crippen molar-refractivity contribution in [1.29, 1.82) is 0 Å². The zero-order chi connectivity index (χ0) is 17.2. The van der Waals surface area contributed by atoms with Crippen LogP contribution in [0.5, 0.6) is 0 Å². The van der Waals surface area contributed by atoms with Crippen LogP contribution in [-0.2, 0) is 5.41 Å². The predicted octanol–water partition coefficient (Wildman–Crippen LogP) is 5.28. The molecule has 3 rings (SSSR count). The molecule has 0 bridgehead atoms. The molecule has 0 aliphatic heterocycles. The summed E-state index contributed by atoms with van der Waals surface area (Å²) in [7, 11) is 0. The number of pyridine rings is 1. The third-order valence-electron chi connectivity index (χ3n) is 4.11. The van der Waals surface area contributed by atoms with Gasteiger partial charge in [0.05, 0.1) is 5.69 Å². The van der Waals surface area contributed by atoms with Crippen molar-refractivity contribution in [2.24, 2.45) is 0 Å². The van der Waals surface area contributed by atoms with Crippen molar-refractivity contribution in [3.8, 4) is 11.3 Å². The number of rotatable bonds is 3. The van der Waals surface area contributed by atoms with Crippen molar-refractivity contribution in [3.63, 3.8) is 0 Å². The zero-order valence-corrected chi connectivity index (χ0v) is 14.3. The average Bonchev–Trinajstić information content (AvgIpc) is 2.61. The second-order valence-electron chi connectivity index (χ2n) is 6.95. The maximum atomic E-state index is 12.4. The summed E-state index contributed by atoms with van der Waals surface area (Å²) in [5.41, 5.74) is 4.65. The quantitative estimate of drug-likeness (QED) is 0.616. The van der Waals surface area contributed by atoms with Crippen LogP contribution in [0.2, 0.25) is 0 Å². The van der Waals surface area contributed by atoms with Gasteiger partial charge in [0.15, 0.2) is 5.78 Å². The lowest BCUT2D eigenvalue weighted by Gasteiger charge is -2.19. The fraction of sp³-hybridized carbons (Fsp3) is 0.182. The highest BCUT2D eigenvalue weighted by atomic mass is 16.1. The number of hydrogen-bond acceptors (Lipinski definition) is 2. The largest absolute Gasteiger partial charge is 0.289 e. The van der Waals surface area contributed by atoms with E-state index >= 15 is 0 Å². The van der Waals surface area contributed by atoms with Crippen LogP contribution in [0.3, 0.4) is 0 Å². The van der Waals surface area contributed by atoms with Crippen LogP contribution in [0.25, 0.3) is 11.3 Å². The molecule has 0 saturated carbocycles. The summed E-state index contributed by atoms with van der Waals surface area (Å²) in [5.74, 6) is -0.00210. The molecule has 0 radical (unpaired) electrons. The van der Waals surface area contributed by atoms with Crippen LogP contribution >= 0.6 is 0 Å². The Morgan fingerprint density at radius 2 is 1.46 bits per heavy atom. The lowest BCUT2D eigenvalue weighted by Crippen LogP contribution is -2.10. The van der Waals surface area contributed by atoms with Crippen molar-refractivity contribution in [2.45, 2.75) is 26.2 Å². The molecule has 0 amide bonds. The number of carbonyl (C=O) groups is 1. The van der Waals surface area contributed by atoms with E-state index in [-0.39, 0.29) is 11.2 Å². The topological polar surface area (TPSA) is 30.0 Å². The molecule has 1 heterocycles. The van der Waals surface area contributed by atoms with Crippen molar-refractivity contribution >= 4 is 5.78 Å². The molecule has 0 aliphatic rings. The summed E-state index contributed by atoms with van der Waals surface area (Å²) in [6, 6.07) is 21.5. The van der Waals surface area contributed by atoms with Gasteiger partial charge in [-0.05, 0) is 23.1 Å². The van der Waals surface area contributed by atoms with Gasteiger partial charge in [-0.15, -0.1) is 0 Å². The first kappa shape index (κ1) is 16.1. The molecule has 3 aromatic rings. The number of hydrogen-bond donors (Lipinski definition) is 0. The number of carbonyl (C=O) groups excluding carboxylic acids is 1. The van der Waals surface area contributed by atoms with E-state index in [1.54, 1.807) is 6.20 Å². The molecule has 0 aliphatic carbocycles. The monoisotopic (exact) mass is 315 g/mol. The van der Waals surface area contributed by atoms with E-state index in [1.807, 2.05) is 42.5 Å². The molecule has 0 saturated heterocycles. The fourth-order valence-electron chi connectivity index (χ4n) is 2.60. The number of ketones is 1. The minimum atomic E-state index is -0.00210. The standard InChI is InChI=1S/C22H21NO/c1-22(2,3)19-12-9-16(10-13-19)20-14-11-18(15-23-20)21(24)17-7-5-4-6-8-17/h4-15H,1-3H3. The van der Waals surface area contributed by atoms with Gasteiger partial charge in [-0.2, -0.15) is 0 Å². The van der Waals surface area contributed by atoms with E-state index in [0.717, 1.165) is 11.3 Å². The van der Waals surface area contributed by atoms with Crippen molar-refractivity contribution in [3.05, 3.63) is 89.6 Å². The highest BCUT2D eigenvalue weighted by Gasteiger charge is 2.13. The third-order valence-corrected chi connectivity index (χ3v) is 4.11. The Kier molecular flexibility index (Phi) is 4.30. The van der Waals surface area contributed by atoms with E-state index in [2.05, 4.69) is 50.0 Å². The summed E-state index contributed by atoms with van der Waals surface area (Å²) in [6.45, 7) is 6.60. The van der Waals surface area contributed by atoms with E-state index in [1.165, 1.54) is 5.56 Å². The minimum absolute atomic E-state index is 0.00210. The molecule has 0 N–H and O–H groups in total. The molecule has 0 atom stereocenters. The molecule has 120 valence electrons. The van der Waals surface area contributed by atoms with Gasteiger partial charge in [-0.1, -0.05) is 75.4 Å². The van der Waals surface area contributed by atoms with Gasteiger partial charge in [-0.25, -0.2) is 0 Å².